The molecule has 2 heterocycles. The largest absolute Gasteiger partial charge is 0.465 e. The van der Waals surface area contributed by atoms with Crippen molar-refractivity contribution in [3.63, 3.8) is 0 Å². The van der Waals surface area contributed by atoms with E-state index in [1.54, 1.807) is 29.5 Å². The summed E-state index contributed by atoms with van der Waals surface area (Å²) in [5, 5.41) is 5.00. The molecule has 1 N–H and O–H groups in total. The number of nitrogens with zero attached hydrogens (tertiary/aromatic N) is 1. The minimum atomic E-state index is -0.382. The van der Waals surface area contributed by atoms with Gasteiger partial charge in [0.1, 0.15) is 0 Å². The molecule has 1 aliphatic heterocycles. The van der Waals surface area contributed by atoms with Crippen LogP contribution in [0.2, 0.25) is 0 Å². The number of thiophene rings is 1. The molecule has 1 aromatic heterocycles. The number of rotatable bonds is 2. The number of nitrogens with one attached hydrogen (secondary N) is 1. The van der Waals surface area contributed by atoms with Crippen LogP contribution < -0.4 is 5.32 Å². The van der Waals surface area contributed by atoms with E-state index in [4.69, 9.17) is 4.74 Å². The molecule has 120 valence electrons. The Kier molecular flexibility index (Phi) is 4.34. The van der Waals surface area contributed by atoms with E-state index in [-0.39, 0.29) is 12.0 Å². The third kappa shape index (κ3) is 3.22. The number of carbonyl (C=O) groups is 2. The van der Waals surface area contributed by atoms with Crippen LogP contribution >= 0.6 is 11.3 Å². The monoisotopic (exact) mass is 330 g/mol. The molecule has 0 saturated carbocycles. The predicted octanol–water partition coefficient (Wildman–Crippen LogP) is 3.43. The van der Waals surface area contributed by atoms with Crippen LogP contribution in [0.3, 0.4) is 0 Å². The van der Waals surface area contributed by atoms with Crippen LogP contribution in [-0.4, -0.2) is 30.6 Å². The Morgan fingerprint density at radius 2 is 2.13 bits per heavy atom. The normalized spacial score (nSPS) is 13.4. The van der Waals surface area contributed by atoms with E-state index in [0.717, 1.165) is 18.5 Å². The van der Waals surface area contributed by atoms with Crippen LogP contribution in [0.25, 0.3) is 0 Å². The smallest absolute Gasteiger partial charge is 0.337 e. The third-order valence-corrected chi connectivity index (χ3v) is 5.01. The highest BCUT2D eigenvalue weighted by atomic mass is 32.1. The first-order valence-corrected chi connectivity index (χ1v) is 8.26. The van der Waals surface area contributed by atoms with Gasteiger partial charge in [0.2, 0.25) is 0 Å². The number of aryl methyl sites for hydroxylation is 1. The molecule has 2 amide bonds. The molecule has 2 aromatic rings. The highest BCUT2D eigenvalue weighted by molar-refractivity contribution is 7.10. The average molecular weight is 330 g/mol. The summed E-state index contributed by atoms with van der Waals surface area (Å²) in [5.41, 5.74) is 3.24. The summed E-state index contributed by atoms with van der Waals surface area (Å²) < 4.78 is 4.70. The predicted molar refractivity (Wildman–Crippen MR) is 90.0 cm³/mol. The number of hydrogen-bond acceptors (Lipinski definition) is 4. The summed E-state index contributed by atoms with van der Waals surface area (Å²) in [6.45, 7) is 3.22. The molecule has 5 nitrogen and oxygen atoms in total. The van der Waals surface area contributed by atoms with Gasteiger partial charge in [-0.2, -0.15) is 0 Å². The minimum absolute atomic E-state index is 0.115. The van der Waals surface area contributed by atoms with Crippen molar-refractivity contribution in [2.45, 2.75) is 19.9 Å². The fourth-order valence-corrected chi connectivity index (χ4v) is 3.55. The second-order valence-electron chi connectivity index (χ2n) is 5.49. The summed E-state index contributed by atoms with van der Waals surface area (Å²) in [6.07, 6.45) is 0.903. The SMILES string of the molecule is COC(=O)c1ccc(NC(=O)N2CCc3sccc3C2)c(C)c1. The number of hydrogen-bond donors (Lipinski definition) is 1. The van der Waals surface area contributed by atoms with Crippen molar-refractivity contribution >= 4 is 29.0 Å². The highest BCUT2D eigenvalue weighted by Gasteiger charge is 2.22. The zero-order valence-corrected chi connectivity index (χ0v) is 13.9. The molecule has 0 saturated heterocycles. The van der Waals surface area contributed by atoms with E-state index < -0.39 is 0 Å². The first kappa shape index (κ1) is 15.6. The van der Waals surface area contributed by atoms with Crippen LogP contribution in [0.15, 0.2) is 29.6 Å². The van der Waals surface area contributed by atoms with Crippen LogP contribution in [0.5, 0.6) is 0 Å². The van der Waals surface area contributed by atoms with Gasteiger partial charge in [-0.15, -0.1) is 11.3 Å². The van der Waals surface area contributed by atoms with Gasteiger partial charge in [0.25, 0.3) is 0 Å². The van der Waals surface area contributed by atoms with Crippen molar-refractivity contribution in [1.29, 1.82) is 0 Å². The number of benzene rings is 1. The van der Waals surface area contributed by atoms with E-state index in [1.807, 2.05) is 11.8 Å². The Morgan fingerprint density at radius 1 is 1.30 bits per heavy atom. The Morgan fingerprint density at radius 3 is 2.87 bits per heavy atom. The van der Waals surface area contributed by atoms with E-state index >= 15 is 0 Å². The molecule has 23 heavy (non-hydrogen) atoms. The fourth-order valence-electron chi connectivity index (χ4n) is 2.66. The Balaban J connectivity index is 1.70. The van der Waals surface area contributed by atoms with E-state index in [1.165, 1.54) is 17.6 Å². The maximum absolute atomic E-state index is 12.5. The number of carbonyl (C=O) groups excluding carboxylic acids is 2. The first-order chi connectivity index (χ1) is 11.1. The van der Waals surface area contributed by atoms with Gasteiger partial charge in [-0.3, -0.25) is 0 Å². The molecule has 6 heteroatoms. The molecule has 1 aromatic carbocycles. The molecule has 0 bridgehead atoms. The number of amides is 2. The zero-order valence-electron chi connectivity index (χ0n) is 13.1. The fraction of sp³-hybridized carbons (Fsp3) is 0.294. The standard InChI is InChI=1S/C17H18N2O3S/c1-11-9-12(16(20)22-2)3-4-14(11)18-17(21)19-7-5-15-13(10-19)6-8-23-15/h3-4,6,8-9H,5,7,10H2,1-2H3,(H,18,21). The van der Waals surface area contributed by atoms with Crippen molar-refractivity contribution in [1.82, 2.24) is 4.90 Å². The van der Waals surface area contributed by atoms with Crippen LogP contribution in [0, 0.1) is 6.92 Å². The molecule has 0 fully saturated rings. The molecule has 0 atom stereocenters. The molecule has 1 aliphatic rings. The molecule has 0 unspecified atom stereocenters. The van der Waals surface area contributed by atoms with Crippen molar-refractivity contribution < 1.29 is 14.3 Å². The van der Waals surface area contributed by atoms with Crippen molar-refractivity contribution in [3.8, 4) is 0 Å². The van der Waals surface area contributed by atoms with E-state index in [0.29, 0.717) is 17.8 Å². The minimum Gasteiger partial charge on any atom is -0.465 e. The maximum Gasteiger partial charge on any atom is 0.337 e. The molecule has 0 spiro atoms. The third-order valence-electron chi connectivity index (χ3n) is 3.98. The van der Waals surface area contributed by atoms with Gasteiger partial charge in [-0.25, -0.2) is 9.59 Å². The lowest BCUT2D eigenvalue weighted by Gasteiger charge is -2.27. The maximum atomic E-state index is 12.5. The van der Waals surface area contributed by atoms with Gasteiger partial charge in [-0.1, -0.05) is 0 Å². The lowest BCUT2D eigenvalue weighted by molar-refractivity contribution is 0.0600. The van der Waals surface area contributed by atoms with Gasteiger partial charge in [-0.05, 0) is 54.1 Å². The molecule has 0 radical (unpaired) electrons. The molecular weight excluding hydrogens is 312 g/mol. The lowest BCUT2D eigenvalue weighted by atomic mass is 10.1. The van der Waals surface area contributed by atoms with Crippen LogP contribution in [0.4, 0.5) is 10.5 Å². The number of esters is 1. The number of methoxy groups -OCH3 is 1. The summed E-state index contributed by atoms with van der Waals surface area (Å²) in [6, 6.07) is 7.07. The van der Waals surface area contributed by atoms with E-state index in [2.05, 4.69) is 16.8 Å². The number of urea groups is 1. The van der Waals surface area contributed by atoms with Gasteiger partial charge < -0.3 is 15.0 Å². The Labute approximate surface area is 138 Å². The van der Waals surface area contributed by atoms with Crippen molar-refractivity contribution in [2.75, 3.05) is 19.0 Å². The highest BCUT2D eigenvalue weighted by Crippen LogP contribution is 2.25. The average Bonchev–Trinajstić information content (AvgIpc) is 3.03. The van der Waals surface area contributed by atoms with Crippen molar-refractivity contribution in [3.05, 3.63) is 51.2 Å². The second-order valence-corrected chi connectivity index (χ2v) is 6.49. The lowest BCUT2D eigenvalue weighted by Crippen LogP contribution is -2.38. The van der Waals surface area contributed by atoms with Gasteiger partial charge >= 0.3 is 12.0 Å². The van der Waals surface area contributed by atoms with E-state index in [9.17, 15) is 9.59 Å². The summed E-state index contributed by atoms with van der Waals surface area (Å²) >= 11 is 1.75. The Bertz CT molecular complexity index is 754. The first-order valence-electron chi connectivity index (χ1n) is 7.38. The summed E-state index contributed by atoms with van der Waals surface area (Å²) in [5.74, 6) is -0.382. The molecule has 0 aliphatic carbocycles. The number of ether oxygens (including phenoxy) is 1. The number of anilines is 1. The molecular formula is C17H18N2O3S. The molecule has 3 rings (SSSR count). The van der Waals surface area contributed by atoms with Gasteiger partial charge in [0.05, 0.1) is 12.7 Å². The van der Waals surface area contributed by atoms with Crippen LogP contribution in [-0.2, 0) is 17.7 Å². The zero-order chi connectivity index (χ0) is 16.4. The second kappa shape index (κ2) is 6.42. The summed E-state index contributed by atoms with van der Waals surface area (Å²) in [7, 11) is 1.35. The summed E-state index contributed by atoms with van der Waals surface area (Å²) in [4.78, 5) is 27.2. The van der Waals surface area contributed by atoms with Gasteiger partial charge in [0.15, 0.2) is 0 Å². The van der Waals surface area contributed by atoms with Crippen LogP contribution in [0.1, 0.15) is 26.4 Å². The quantitative estimate of drug-likeness (QED) is 0.858. The van der Waals surface area contributed by atoms with Crippen molar-refractivity contribution in [2.24, 2.45) is 0 Å². The Hall–Kier alpha value is -2.34. The topological polar surface area (TPSA) is 58.6 Å². The van der Waals surface area contributed by atoms with Gasteiger partial charge in [0, 0.05) is 23.7 Å². The number of fused-ring (bicyclic) bond motifs is 1.